The number of nitriles is 1. The third kappa shape index (κ3) is 4.96. The molecule has 0 aliphatic rings. The molecular formula is C26H18ClN3O2S. The Labute approximate surface area is 199 Å². The summed E-state index contributed by atoms with van der Waals surface area (Å²) in [6, 6.07) is 25.3. The fourth-order valence-corrected chi connectivity index (χ4v) is 4.52. The monoisotopic (exact) mass is 471 g/mol. The second-order valence-electron chi connectivity index (χ2n) is 7.25. The summed E-state index contributed by atoms with van der Waals surface area (Å²) in [5, 5.41) is 13.0. The van der Waals surface area contributed by atoms with Gasteiger partial charge in [-0.3, -0.25) is 14.2 Å². The van der Waals surface area contributed by atoms with Crippen molar-refractivity contribution in [3.8, 4) is 11.8 Å². The van der Waals surface area contributed by atoms with E-state index >= 15 is 0 Å². The Kier molecular flexibility index (Phi) is 6.55. The molecule has 0 radical (unpaired) electrons. The van der Waals surface area contributed by atoms with Crippen molar-refractivity contribution in [2.75, 3.05) is 5.32 Å². The van der Waals surface area contributed by atoms with E-state index in [4.69, 9.17) is 11.6 Å². The molecule has 0 aliphatic heterocycles. The third-order valence-electron chi connectivity index (χ3n) is 4.85. The number of rotatable bonds is 4. The van der Waals surface area contributed by atoms with E-state index in [-0.39, 0.29) is 15.8 Å². The molecule has 0 bridgehead atoms. The van der Waals surface area contributed by atoms with E-state index in [0.29, 0.717) is 20.9 Å². The van der Waals surface area contributed by atoms with Crippen LogP contribution in [0.15, 0.2) is 83.7 Å². The van der Waals surface area contributed by atoms with E-state index < -0.39 is 5.91 Å². The van der Waals surface area contributed by atoms with Crippen LogP contribution in [0.5, 0.6) is 0 Å². The van der Waals surface area contributed by atoms with Crippen LogP contribution < -0.4 is 20.1 Å². The first-order valence-electron chi connectivity index (χ1n) is 10.0. The van der Waals surface area contributed by atoms with Crippen LogP contribution in [0.1, 0.15) is 11.1 Å². The van der Waals surface area contributed by atoms with Gasteiger partial charge in [0.2, 0.25) is 0 Å². The highest BCUT2D eigenvalue weighted by Gasteiger charge is 2.17. The zero-order valence-corrected chi connectivity index (χ0v) is 19.2. The number of carbonyl (C=O) groups excluding carboxylic acids is 1. The summed E-state index contributed by atoms with van der Waals surface area (Å²) < 4.78 is 2.08. The van der Waals surface area contributed by atoms with Gasteiger partial charge in [-0.1, -0.05) is 65.7 Å². The van der Waals surface area contributed by atoms with E-state index in [1.54, 1.807) is 54.6 Å². The van der Waals surface area contributed by atoms with Crippen molar-refractivity contribution in [1.29, 1.82) is 5.26 Å². The number of carbonyl (C=O) groups is 1. The Bertz CT molecular complexity index is 1550. The van der Waals surface area contributed by atoms with E-state index in [0.717, 1.165) is 22.5 Å². The fourth-order valence-electron chi connectivity index (χ4n) is 3.23. The lowest BCUT2D eigenvalue weighted by molar-refractivity contribution is -0.111. The fraction of sp³-hybridized carbons (Fsp3) is 0.0385. The average Bonchev–Trinajstić information content (AvgIpc) is 3.12. The van der Waals surface area contributed by atoms with Gasteiger partial charge in [0.1, 0.15) is 10.7 Å². The molecule has 0 fully saturated rings. The number of anilines is 1. The van der Waals surface area contributed by atoms with E-state index in [1.807, 2.05) is 43.3 Å². The molecule has 7 heteroatoms. The van der Waals surface area contributed by atoms with Crippen LogP contribution in [0.3, 0.4) is 0 Å². The van der Waals surface area contributed by atoms with Gasteiger partial charge in [0.25, 0.3) is 11.5 Å². The average molecular weight is 472 g/mol. The SMILES string of the molecule is Cc1ccc(C=c2sc(=C(C#N)C(=O)Nc3cccc(Cl)c3)n(-c3ccccc3)c2=O)cc1. The predicted octanol–water partition coefficient (Wildman–Crippen LogP) is 4.00. The zero-order chi connectivity index (χ0) is 23.4. The van der Waals surface area contributed by atoms with Gasteiger partial charge in [-0.2, -0.15) is 5.26 Å². The minimum atomic E-state index is -0.618. The summed E-state index contributed by atoms with van der Waals surface area (Å²) in [5.41, 5.74) is 2.53. The van der Waals surface area contributed by atoms with Gasteiger partial charge in [-0.15, -0.1) is 11.3 Å². The standard InChI is InChI=1S/C26H18ClN3O2S/c1-17-10-12-18(13-11-17)14-23-25(32)30(21-8-3-2-4-9-21)26(33-23)22(16-28)24(31)29-20-7-5-6-19(27)15-20/h2-15H,1H3,(H,29,31). The first-order valence-corrected chi connectivity index (χ1v) is 11.2. The molecule has 0 unspecified atom stereocenters. The molecule has 0 saturated carbocycles. The topological polar surface area (TPSA) is 74.9 Å². The Balaban J connectivity index is 1.94. The van der Waals surface area contributed by atoms with E-state index in [9.17, 15) is 14.9 Å². The summed E-state index contributed by atoms with van der Waals surface area (Å²) in [6.45, 7) is 1.99. The number of aromatic nitrogens is 1. The quantitative estimate of drug-likeness (QED) is 0.488. The number of para-hydroxylation sites is 1. The van der Waals surface area contributed by atoms with Crippen molar-refractivity contribution >= 4 is 46.2 Å². The number of hydrogen-bond donors (Lipinski definition) is 1. The number of nitrogens with zero attached hydrogens (tertiary/aromatic N) is 2. The molecule has 0 aliphatic carbocycles. The molecule has 0 atom stereocenters. The predicted molar refractivity (Wildman–Crippen MR) is 133 cm³/mol. The largest absolute Gasteiger partial charge is 0.321 e. The highest BCUT2D eigenvalue weighted by Crippen LogP contribution is 2.16. The Morgan fingerprint density at radius 3 is 2.45 bits per heavy atom. The second kappa shape index (κ2) is 9.70. The summed E-state index contributed by atoms with van der Waals surface area (Å²) in [6.07, 6.45) is 1.76. The van der Waals surface area contributed by atoms with Gasteiger partial charge in [0.15, 0.2) is 5.57 Å². The molecule has 1 aromatic heterocycles. The van der Waals surface area contributed by atoms with Gasteiger partial charge in [-0.25, -0.2) is 0 Å². The number of halogens is 1. The molecule has 162 valence electrons. The molecule has 1 amide bonds. The van der Waals surface area contributed by atoms with Crippen molar-refractivity contribution in [3.05, 3.63) is 115 Å². The maximum atomic E-state index is 13.4. The minimum absolute atomic E-state index is 0.163. The lowest BCUT2D eigenvalue weighted by Crippen LogP contribution is -2.32. The molecule has 1 heterocycles. The Hall–Kier alpha value is -3.92. The van der Waals surface area contributed by atoms with Gasteiger partial charge < -0.3 is 5.32 Å². The number of benzene rings is 3. The van der Waals surface area contributed by atoms with Gasteiger partial charge >= 0.3 is 0 Å². The van der Waals surface area contributed by atoms with Gasteiger partial charge in [-0.05, 0) is 48.9 Å². The van der Waals surface area contributed by atoms with Crippen molar-refractivity contribution in [2.24, 2.45) is 0 Å². The molecule has 5 nitrogen and oxygen atoms in total. The normalized spacial score (nSPS) is 12.2. The number of nitrogens with one attached hydrogen (secondary N) is 1. The summed E-state index contributed by atoms with van der Waals surface area (Å²) in [7, 11) is 0. The highest BCUT2D eigenvalue weighted by atomic mass is 35.5. The summed E-state index contributed by atoms with van der Waals surface area (Å²) in [4.78, 5) is 26.4. The lowest BCUT2D eigenvalue weighted by atomic mass is 10.1. The van der Waals surface area contributed by atoms with Crippen LogP contribution in [-0.2, 0) is 4.79 Å². The molecule has 4 rings (SSSR count). The molecule has 3 aromatic carbocycles. The maximum Gasteiger partial charge on any atom is 0.273 e. The van der Waals surface area contributed by atoms with Crippen molar-refractivity contribution in [2.45, 2.75) is 6.92 Å². The number of hydrogen-bond acceptors (Lipinski definition) is 4. The van der Waals surface area contributed by atoms with Crippen LogP contribution in [-0.4, -0.2) is 10.5 Å². The van der Waals surface area contributed by atoms with E-state index in [1.165, 1.54) is 4.57 Å². The van der Waals surface area contributed by atoms with Crippen LogP contribution in [0.2, 0.25) is 5.02 Å². The Morgan fingerprint density at radius 1 is 1.06 bits per heavy atom. The summed E-state index contributed by atoms with van der Waals surface area (Å²) in [5.74, 6) is -0.618. The van der Waals surface area contributed by atoms with Gasteiger partial charge in [0, 0.05) is 10.7 Å². The lowest BCUT2D eigenvalue weighted by Gasteiger charge is -2.06. The number of amides is 1. The Morgan fingerprint density at radius 2 is 1.79 bits per heavy atom. The third-order valence-corrected chi connectivity index (χ3v) is 6.18. The molecule has 33 heavy (non-hydrogen) atoms. The van der Waals surface area contributed by atoms with Gasteiger partial charge in [0.05, 0.1) is 10.2 Å². The smallest absolute Gasteiger partial charge is 0.273 e. The molecule has 1 N–H and O–H groups in total. The zero-order valence-electron chi connectivity index (χ0n) is 17.6. The first kappa shape index (κ1) is 22.3. The maximum absolute atomic E-state index is 13.4. The minimum Gasteiger partial charge on any atom is -0.321 e. The van der Waals surface area contributed by atoms with Crippen molar-refractivity contribution in [3.63, 3.8) is 0 Å². The highest BCUT2D eigenvalue weighted by molar-refractivity contribution is 7.07. The van der Waals surface area contributed by atoms with Crippen molar-refractivity contribution in [1.82, 2.24) is 4.57 Å². The molecule has 0 saturated heterocycles. The second-order valence-corrected chi connectivity index (χ2v) is 8.72. The van der Waals surface area contributed by atoms with Crippen molar-refractivity contribution < 1.29 is 4.79 Å². The first-order chi connectivity index (χ1) is 16.0. The number of aryl methyl sites for hydroxylation is 1. The molecule has 4 aromatic rings. The molecule has 0 spiro atoms. The van der Waals surface area contributed by atoms with Crippen LogP contribution in [0.25, 0.3) is 17.3 Å². The van der Waals surface area contributed by atoms with Crippen LogP contribution in [0, 0.1) is 18.3 Å². The summed E-state index contributed by atoms with van der Waals surface area (Å²) >= 11 is 7.11. The van der Waals surface area contributed by atoms with Crippen LogP contribution in [0.4, 0.5) is 5.69 Å². The number of thiazole rings is 1. The molecular weight excluding hydrogens is 454 g/mol. The van der Waals surface area contributed by atoms with E-state index in [2.05, 4.69) is 5.32 Å². The van der Waals surface area contributed by atoms with Crippen LogP contribution >= 0.6 is 22.9 Å².